The lowest BCUT2D eigenvalue weighted by molar-refractivity contribution is -0.106. The SMILES string of the molecule is COc1cccc(-c2cc(C(OC)OC)ccn2)n1. The number of hydrogen-bond acceptors (Lipinski definition) is 5. The Morgan fingerprint density at radius 1 is 1.00 bits per heavy atom. The van der Waals surface area contributed by atoms with Gasteiger partial charge in [-0.3, -0.25) is 4.98 Å². The highest BCUT2D eigenvalue weighted by atomic mass is 16.7. The van der Waals surface area contributed by atoms with Gasteiger partial charge in [-0.05, 0) is 18.2 Å². The van der Waals surface area contributed by atoms with Crippen LogP contribution < -0.4 is 4.74 Å². The van der Waals surface area contributed by atoms with E-state index in [9.17, 15) is 0 Å². The third kappa shape index (κ3) is 3.07. The largest absolute Gasteiger partial charge is 0.481 e. The number of ether oxygens (including phenoxy) is 3. The minimum Gasteiger partial charge on any atom is -0.481 e. The second-order valence-electron chi connectivity index (χ2n) is 3.84. The predicted molar refractivity (Wildman–Crippen MR) is 70.8 cm³/mol. The van der Waals surface area contributed by atoms with E-state index in [1.165, 1.54) is 0 Å². The highest BCUT2D eigenvalue weighted by Gasteiger charge is 2.11. The summed E-state index contributed by atoms with van der Waals surface area (Å²) in [4.78, 5) is 8.65. The molecule has 0 N–H and O–H groups in total. The first kappa shape index (κ1) is 13.5. The summed E-state index contributed by atoms with van der Waals surface area (Å²) in [5.41, 5.74) is 2.38. The second-order valence-corrected chi connectivity index (χ2v) is 3.84. The molecule has 0 aliphatic heterocycles. The minimum atomic E-state index is -0.410. The van der Waals surface area contributed by atoms with E-state index in [0.717, 1.165) is 17.0 Å². The van der Waals surface area contributed by atoms with Crippen molar-refractivity contribution in [3.8, 4) is 17.3 Å². The predicted octanol–water partition coefficient (Wildman–Crippen LogP) is 2.44. The van der Waals surface area contributed by atoms with Crippen LogP contribution in [0.15, 0.2) is 36.5 Å². The average molecular weight is 260 g/mol. The van der Waals surface area contributed by atoms with Gasteiger partial charge in [-0.25, -0.2) is 4.98 Å². The zero-order valence-electron chi connectivity index (χ0n) is 11.2. The summed E-state index contributed by atoms with van der Waals surface area (Å²) in [6, 6.07) is 9.28. The molecular weight excluding hydrogens is 244 g/mol. The smallest absolute Gasteiger partial charge is 0.213 e. The van der Waals surface area contributed by atoms with E-state index in [-0.39, 0.29) is 0 Å². The second kappa shape index (κ2) is 6.26. The van der Waals surface area contributed by atoms with Crippen LogP contribution in [0.5, 0.6) is 5.88 Å². The van der Waals surface area contributed by atoms with E-state index in [4.69, 9.17) is 14.2 Å². The molecule has 0 atom stereocenters. The topological polar surface area (TPSA) is 53.5 Å². The highest BCUT2D eigenvalue weighted by Crippen LogP contribution is 2.23. The van der Waals surface area contributed by atoms with Gasteiger partial charge in [0.05, 0.1) is 18.5 Å². The fraction of sp³-hybridized carbons (Fsp3) is 0.286. The van der Waals surface area contributed by atoms with Crippen LogP contribution in [-0.2, 0) is 9.47 Å². The van der Waals surface area contributed by atoms with Gasteiger partial charge < -0.3 is 14.2 Å². The summed E-state index contributed by atoms with van der Waals surface area (Å²) >= 11 is 0. The Hall–Kier alpha value is -1.98. The minimum absolute atomic E-state index is 0.410. The van der Waals surface area contributed by atoms with E-state index >= 15 is 0 Å². The number of rotatable bonds is 5. The summed E-state index contributed by atoms with van der Waals surface area (Å²) in [5, 5.41) is 0. The van der Waals surface area contributed by atoms with Gasteiger partial charge in [0, 0.05) is 32.0 Å². The van der Waals surface area contributed by atoms with Gasteiger partial charge in [-0.2, -0.15) is 0 Å². The Morgan fingerprint density at radius 3 is 2.47 bits per heavy atom. The maximum atomic E-state index is 5.23. The van der Waals surface area contributed by atoms with Crippen molar-refractivity contribution in [2.24, 2.45) is 0 Å². The summed E-state index contributed by atoms with van der Waals surface area (Å²) in [6.45, 7) is 0. The summed E-state index contributed by atoms with van der Waals surface area (Å²) in [6.07, 6.45) is 1.30. The van der Waals surface area contributed by atoms with Crippen LogP contribution in [0.1, 0.15) is 11.9 Å². The molecule has 0 saturated heterocycles. The number of pyridine rings is 2. The molecule has 0 aliphatic rings. The van der Waals surface area contributed by atoms with E-state index in [2.05, 4.69) is 9.97 Å². The highest BCUT2D eigenvalue weighted by molar-refractivity contribution is 5.55. The molecule has 2 aromatic heterocycles. The molecule has 0 unspecified atom stereocenters. The lowest BCUT2D eigenvalue weighted by Crippen LogP contribution is -2.04. The Labute approximate surface area is 112 Å². The number of methoxy groups -OCH3 is 3. The maximum Gasteiger partial charge on any atom is 0.213 e. The van der Waals surface area contributed by atoms with Gasteiger partial charge in [-0.1, -0.05) is 6.07 Å². The number of hydrogen-bond donors (Lipinski definition) is 0. The van der Waals surface area contributed by atoms with Crippen molar-refractivity contribution in [2.45, 2.75) is 6.29 Å². The Morgan fingerprint density at radius 2 is 1.79 bits per heavy atom. The molecule has 5 heteroatoms. The molecular formula is C14H16N2O3. The molecule has 0 bridgehead atoms. The van der Waals surface area contributed by atoms with Crippen LogP contribution in [0.2, 0.25) is 0 Å². The lowest BCUT2D eigenvalue weighted by Gasteiger charge is -2.14. The first-order chi connectivity index (χ1) is 9.28. The molecule has 2 rings (SSSR count). The van der Waals surface area contributed by atoms with E-state index in [1.54, 1.807) is 33.6 Å². The van der Waals surface area contributed by atoms with Crippen molar-refractivity contribution < 1.29 is 14.2 Å². The molecule has 0 spiro atoms. The molecule has 0 amide bonds. The van der Waals surface area contributed by atoms with E-state index in [1.807, 2.05) is 24.3 Å². The van der Waals surface area contributed by atoms with Crippen molar-refractivity contribution in [1.82, 2.24) is 9.97 Å². The maximum absolute atomic E-state index is 5.23. The molecule has 100 valence electrons. The van der Waals surface area contributed by atoms with Gasteiger partial charge in [-0.15, -0.1) is 0 Å². The van der Waals surface area contributed by atoms with Gasteiger partial charge in [0.1, 0.15) is 0 Å². The van der Waals surface area contributed by atoms with Crippen molar-refractivity contribution in [3.05, 3.63) is 42.1 Å². The number of nitrogens with zero attached hydrogens (tertiary/aromatic N) is 2. The Balaban J connectivity index is 2.37. The first-order valence-electron chi connectivity index (χ1n) is 5.81. The van der Waals surface area contributed by atoms with Crippen LogP contribution in [0.25, 0.3) is 11.4 Å². The third-order valence-corrected chi connectivity index (χ3v) is 2.68. The average Bonchev–Trinajstić information content (AvgIpc) is 2.49. The quantitative estimate of drug-likeness (QED) is 0.773. The Bertz CT molecular complexity index is 542. The summed E-state index contributed by atoms with van der Waals surface area (Å²) < 4.78 is 15.6. The van der Waals surface area contributed by atoms with Crippen LogP contribution in [0, 0.1) is 0 Å². The van der Waals surface area contributed by atoms with Gasteiger partial charge in [0.25, 0.3) is 0 Å². The van der Waals surface area contributed by atoms with Crippen molar-refractivity contribution in [1.29, 1.82) is 0 Å². The molecule has 0 saturated carbocycles. The summed E-state index contributed by atoms with van der Waals surface area (Å²) in [5.74, 6) is 0.555. The van der Waals surface area contributed by atoms with Crippen molar-refractivity contribution in [3.63, 3.8) is 0 Å². The normalized spacial score (nSPS) is 10.7. The molecule has 5 nitrogen and oxygen atoms in total. The van der Waals surface area contributed by atoms with Crippen molar-refractivity contribution >= 4 is 0 Å². The monoisotopic (exact) mass is 260 g/mol. The zero-order valence-corrected chi connectivity index (χ0v) is 11.2. The van der Waals surface area contributed by atoms with Crippen LogP contribution in [0.4, 0.5) is 0 Å². The lowest BCUT2D eigenvalue weighted by atomic mass is 10.1. The molecule has 2 aromatic rings. The third-order valence-electron chi connectivity index (χ3n) is 2.68. The van der Waals surface area contributed by atoms with Crippen LogP contribution in [-0.4, -0.2) is 31.3 Å². The van der Waals surface area contributed by atoms with Gasteiger partial charge >= 0.3 is 0 Å². The van der Waals surface area contributed by atoms with E-state index in [0.29, 0.717) is 5.88 Å². The Kier molecular flexibility index (Phi) is 4.43. The molecule has 19 heavy (non-hydrogen) atoms. The number of aromatic nitrogens is 2. The van der Waals surface area contributed by atoms with Gasteiger partial charge in [0.15, 0.2) is 6.29 Å². The van der Waals surface area contributed by atoms with Crippen molar-refractivity contribution in [2.75, 3.05) is 21.3 Å². The summed E-state index contributed by atoms with van der Waals surface area (Å²) in [7, 11) is 4.78. The molecule has 0 radical (unpaired) electrons. The standard InChI is InChI=1S/C14H16N2O3/c1-17-13-6-4-5-11(16-13)12-9-10(7-8-15-12)14(18-2)19-3/h4-9,14H,1-3H3. The van der Waals surface area contributed by atoms with Crippen LogP contribution >= 0.6 is 0 Å². The fourth-order valence-corrected chi connectivity index (χ4v) is 1.77. The fourth-order valence-electron chi connectivity index (χ4n) is 1.77. The van der Waals surface area contributed by atoms with Crippen LogP contribution in [0.3, 0.4) is 0 Å². The van der Waals surface area contributed by atoms with Gasteiger partial charge in [0.2, 0.25) is 5.88 Å². The molecule has 0 aromatic carbocycles. The first-order valence-corrected chi connectivity index (χ1v) is 5.81. The zero-order chi connectivity index (χ0) is 13.7. The molecule has 0 fully saturated rings. The molecule has 2 heterocycles. The molecule has 0 aliphatic carbocycles. The van der Waals surface area contributed by atoms with E-state index < -0.39 is 6.29 Å².